The Balaban J connectivity index is 1.94. The molecule has 1 nitrogen and oxygen atoms in total. The number of hydrogen-bond acceptors (Lipinski definition) is 1. The van der Waals surface area contributed by atoms with E-state index in [2.05, 4.69) is 0 Å². The number of ketones is 1. The molecule has 0 aliphatic heterocycles. The molecule has 3 rings (SSSR count). The summed E-state index contributed by atoms with van der Waals surface area (Å²) in [6.45, 7) is 0. The maximum absolute atomic E-state index is 11.9. The summed E-state index contributed by atoms with van der Waals surface area (Å²) in [5.41, 5.74) is 0. The van der Waals surface area contributed by atoms with Crippen molar-refractivity contribution in [3.8, 4) is 0 Å². The van der Waals surface area contributed by atoms with Gasteiger partial charge in [0.15, 0.2) is 0 Å². The molecule has 0 unspecified atom stereocenters. The Morgan fingerprint density at radius 1 is 0.833 bits per heavy atom. The zero-order valence-electron chi connectivity index (χ0n) is 7.46. The highest BCUT2D eigenvalue weighted by molar-refractivity contribution is 5.87. The second-order valence-corrected chi connectivity index (χ2v) is 4.80. The highest BCUT2D eigenvalue weighted by atomic mass is 16.1. The smallest absolute Gasteiger partial charge is 0.139 e. The molecule has 12 heavy (non-hydrogen) atoms. The van der Waals surface area contributed by atoms with E-state index >= 15 is 0 Å². The number of hydrogen-bond donors (Lipinski definition) is 0. The topological polar surface area (TPSA) is 17.1 Å². The van der Waals surface area contributed by atoms with Gasteiger partial charge in [-0.15, -0.1) is 0 Å². The molecule has 3 fully saturated rings. The Morgan fingerprint density at radius 2 is 1.33 bits per heavy atom. The normalized spacial score (nSPS) is 51.2. The van der Waals surface area contributed by atoms with Gasteiger partial charge >= 0.3 is 0 Å². The van der Waals surface area contributed by atoms with E-state index in [0.29, 0.717) is 17.6 Å². The van der Waals surface area contributed by atoms with Crippen LogP contribution in [0.4, 0.5) is 0 Å². The second kappa shape index (κ2) is 2.34. The van der Waals surface area contributed by atoms with Crippen LogP contribution in [0.2, 0.25) is 0 Å². The first-order chi connectivity index (χ1) is 5.88. The quantitative estimate of drug-likeness (QED) is 0.537. The minimum absolute atomic E-state index is 0.514. The zero-order valence-corrected chi connectivity index (χ0v) is 7.46. The second-order valence-electron chi connectivity index (χ2n) is 4.80. The first kappa shape index (κ1) is 7.11. The van der Waals surface area contributed by atoms with Crippen LogP contribution in [0.15, 0.2) is 0 Å². The van der Waals surface area contributed by atoms with Crippen molar-refractivity contribution in [2.24, 2.45) is 23.7 Å². The van der Waals surface area contributed by atoms with Crippen molar-refractivity contribution in [1.82, 2.24) is 0 Å². The Bertz CT molecular complexity index is 199. The van der Waals surface area contributed by atoms with E-state index < -0.39 is 0 Å². The SMILES string of the molecule is O=C1[C@H]2CCC[C@@H]2[C@@H]2CCC[C@@H]12. The monoisotopic (exact) mass is 164 g/mol. The van der Waals surface area contributed by atoms with Crippen molar-refractivity contribution in [3.63, 3.8) is 0 Å². The summed E-state index contributed by atoms with van der Waals surface area (Å²) in [4.78, 5) is 11.9. The number of Topliss-reactive ketones (excluding diaryl/α,β-unsaturated/α-hetero) is 1. The predicted molar refractivity (Wildman–Crippen MR) is 46.7 cm³/mol. The van der Waals surface area contributed by atoms with Crippen LogP contribution in [0.1, 0.15) is 38.5 Å². The molecule has 0 amide bonds. The van der Waals surface area contributed by atoms with Crippen LogP contribution in [-0.2, 0) is 4.79 Å². The Hall–Kier alpha value is -0.330. The summed E-state index contributed by atoms with van der Waals surface area (Å²) in [5, 5.41) is 0. The van der Waals surface area contributed by atoms with Crippen molar-refractivity contribution in [1.29, 1.82) is 0 Å². The van der Waals surface area contributed by atoms with Crippen LogP contribution in [0.3, 0.4) is 0 Å². The van der Waals surface area contributed by atoms with Gasteiger partial charge in [-0.3, -0.25) is 4.79 Å². The van der Waals surface area contributed by atoms with Gasteiger partial charge in [-0.05, 0) is 37.5 Å². The lowest BCUT2D eigenvalue weighted by molar-refractivity contribution is -0.124. The molecular formula is C11H16O. The molecule has 4 atom stereocenters. The van der Waals surface area contributed by atoms with Gasteiger partial charge in [-0.25, -0.2) is 0 Å². The fourth-order valence-corrected chi connectivity index (χ4v) is 3.98. The van der Waals surface area contributed by atoms with Crippen molar-refractivity contribution in [3.05, 3.63) is 0 Å². The van der Waals surface area contributed by atoms with E-state index in [1.807, 2.05) is 0 Å². The van der Waals surface area contributed by atoms with Crippen molar-refractivity contribution in [2.75, 3.05) is 0 Å². The molecule has 0 N–H and O–H groups in total. The molecule has 0 aromatic rings. The first-order valence-corrected chi connectivity index (χ1v) is 5.41. The molecule has 0 bridgehead atoms. The van der Waals surface area contributed by atoms with Gasteiger partial charge in [-0.1, -0.05) is 12.8 Å². The van der Waals surface area contributed by atoms with Crippen LogP contribution >= 0.6 is 0 Å². The van der Waals surface area contributed by atoms with E-state index in [9.17, 15) is 4.79 Å². The third kappa shape index (κ3) is 0.725. The van der Waals surface area contributed by atoms with Crippen LogP contribution in [0, 0.1) is 23.7 Å². The standard InChI is InChI=1S/C11H16O/c12-11-9-5-1-3-7(9)8-4-2-6-10(8)11/h7-10H,1-6H2/t7-,8+,9+,10-. The molecule has 0 radical (unpaired) electrons. The number of carbonyl (C=O) groups is 1. The molecule has 3 aliphatic carbocycles. The van der Waals surface area contributed by atoms with Crippen LogP contribution in [-0.4, -0.2) is 5.78 Å². The molecule has 0 spiro atoms. The summed E-state index contributed by atoms with van der Waals surface area (Å²) >= 11 is 0. The fourth-order valence-electron chi connectivity index (χ4n) is 3.98. The number of rotatable bonds is 0. The van der Waals surface area contributed by atoms with E-state index in [1.165, 1.54) is 38.5 Å². The molecule has 0 heterocycles. The third-order valence-electron chi connectivity index (χ3n) is 4.42. The Morgan fingerprint density at radius 3 is 1.83 bits per heavy atom. The number of fused-ring (bicyclic) bond motifs is 3. The van der Waals surface area contributed by atoms with Gasteiger partial charge in [0.2, 0.25) is 0 Å². The highest BCUT2D eigenvalue weighted by Crippen LogP contribution is 2.54. The zero-order chi connectivity index (χ0) is 8.13. The van der Waals surface area contributed by atoms with Gasteiger partial charge in [-0.2, -0.15) is 0 Å². The van der Waals surface area contributed by atoms with Gasteiger partial charge in [0.05, 0.1) is 0 Å². The van der Waals surface area contributed by atoms with Crippen molar-refractivity contribution >= 4 is 5.78 Å². The van der Waals surface area contributed by atoms with E-state index in [0.717, 1.165) is 11.8 Å². The van der Waals surface area contributed by atoms with Gasteiger partial charge in [0, 0.05) is 11.8 Å². The van der Waals surface area contributed by atoms with E-state index in [-0.39, 0.29) is 0 Å². The summed E-state index contributed by atoms with van der Waals surface area (Å²) < 4.78 is 0. The molecule has 0 saturated heterocycles. The van der Waals surface area contributed by atoms with E-state index in [1.54, 1.807) is 0 Å². The van der Waals surface area contributed by atoms with Crippen LogP contribution in [0.5, 0.6) is 0 Å². The highest BCUT2D eigenvalue weighted by Gasteiger charge is 2.52. The molecule has 0 aromatic heterocycles. The average molecular weight is 164 g/mol. The summed E-state index contributed by atoms with van der Waals surface area (Å²) in [6.07, 6.45) is 7.80. The molecule has 3 saturated carbocycles. The van der Waals surface area contributed by atoms with Gasteiger partial charge in [0.25, 0.3) is 0 Å². The Kier molecular flexibility index (Phi) is 1.38. The van der Waals surface area contributed by atoms with Crippen LogP contribution < -0.4 is 0 Å². The summed E-state index contributed by atoms with van der Waals surface area (Å²) in [6, 6.07) is 0. The Labute approximate surface area is 73.5 Å². The van der Waals surface area contributed by atoms with Crippen molar-refractivity contribution in [2.45, 2.75) is 38.5 Å². The molecule has 66 valence electrons. The largest absolute Gasteiger partial charge is 0.299 e. The third-order valence-corrected chi connectivity index (χ3v) is 4.42. The minimum atomic E-state index is 0.514. The van der Waals surface area contributed by atoms with E-state index in [4.69, 9.17) is 0 Å². The molecular weight excluding hydrogens is 148 g/mol. The molecule has 1 heteroatoms. The minimum Gasteiger partial charge on any atom is -0.299 e. The lowest BCUT2D eigenvalue weighted by Crippen LogP contribution is -2.12. The lowest BCUT2D eigenvalue weighted by Gasteiger charge is -2.14. The van der Waals surface area contributed by atoms with Crippen LogP contribution in [0.25, 0.3) is 0 Å². The first-order valence-electron chi connectivity index (χ1n) is 5.41. The maximum atomic E-state index is 11.9. The summed E-state index contributed by atoms with van der Waals surface area (Å²) in [7, 11) is 0. The summed E-state index contributed by atoms with van der Waals surface area (Å²) in [5.74, 6) is 3.33. The molecule has 3 aliphatic rings. The predicted octanol–water partition coefficient (Wildman–Crippen LogP) is 2.40. The van der Waals surface area contributed by atoms with Crippen molar-refractivity contribution < 1.29 is 4.79 Å². The molecule has 0 aromatic carbocycles. The fraction of sp³-hybridized carbons (Fsp3) is 0.909. The average Bonchev–Trinajstić information content (AvgIpc) is 2.72. The number of carbonyl (C=O) groups excluding carboxylic acids is 1. The van der Waals surface area contributed by atoms with Gasteiger partial charge < -0.3 is 0 Å². The van der Waals surface area contributed by atoms with Gasteiger partial charge in [0.1, 0.15) is 5.78 Å². The maximum Gasteiger partial charge on any atom is 0.139 e. The lowest BCUT2D eigenvalue weighted by atomic mass is 9.90.